The molecule has 0 aliphatic rings. The van der Waals surface area contributed by atoms with E-state index >= 15 is 0 Å². The van der Waals surface area contributed by atoms with Crippen molar-refractivity contribution in [3.63, 3.8) is 0 Å². The first-order valence-corrected chi connectivity index (χ1v) is 7.56. The third kappa shape index (κ3) is 3.40. The molecule has 0 radical (unpaired) electrons. The molecular formula is C19H14FN3O2. The van der Waals surface area contributed by atoms with Gasteiger partial charge in [-0.05, 0) is 24.3 Å². The van der Waals surface area contributed by atoms with E-state index in [1.165, 1.54) is 22.9 Å². The molecule has 2 aromatic carbocycles. The molecule has 0 bridgehead atoms. The van der Waals surface area contributed by atoms with Gasteiger partial charge in [-0.3, -0.25) is 9.59 Å². The van der Waals surface area contributed by atoms with Gasteiger partial charge >= 0.3 is 0 Å². The number of halogens is 1. The van der Waals surface area contributed by atoms with Crippen LogP contribution in [0.5, 0.6) is 0 Å². The third-order valence-electron chi connectivity index (χ3n) is 3.69. The Bertz CT molecular complexity index is 1050. The van der Waals surface area contributed by atoms with Crippen molar-refractivity contribution >= 4 is 16.7 Å². The first kappa shape index (κ1) is 16.4. The Labute approximate surface area is 143 Å². The number of fused-ring (bicyclic) bond motifs is 1. The second kappa shape index (κ2) is 6.97. The van der Waals surface area contributed by atoms with Crippen molar-refractivity contribution in [2.24, 2.45) is 0 Å². The summed E-state index contributed by atoms with van der Waals surface area (Å²) in [5, 5.41) is 8.05. The number of amides is 1. The highest BCUT2D eigenvalue weighted by molar-refractivity contribution is 5.94. The normalized spacial score (nSPS) is 10.4. The number of rotatable bonds is 4. The van der Waals surface area contributed by atoms with Crippen LogP contribution in [0, 0.1) is 18.2 Å². The van der Waals surface area contributed by atoms with Crippen LogP contribution in [0.1, 0.15) is 16.1 Å². The monoisotopic (exact) mass is 335 g/mol. The number of hydrogen-bond acceptors (Lipinski definition) is 3. The van der Waals surface area contributed by atoms with E-state index in [4.69, 9.17) is 6.42 Å². The van der Waals surface area contributed by atoms with Gasteiger partial charge < -0.3 is 5.32 Å². The lowest BCUT2D eigenvalue weighted by Gasteiger charge is -2.10. The molecule has 0 spiro atoms. The molecule has 0 fully saturated rings. The SMILES string of the molecule is C#CCn1nc(CNC(=O)c2cccc(F)c2)c2ccccc2c1=O. The second-order valence-corrected chi connectivity index (χ2v) is 5.35. The molecule has 0 atom stereocenters. The first-order chi connectivity index (χ1) is 12.1. The Morgan fingerprint density at radius 2 is 1.96 bits per heavy atom. The Morgan fingerprint density at radius 1 is 1.20 bits per heavy atom. The predicted molar refractivity (Wildman–Crippen MR) is 92.4 cm³/mol. The number of aromatic nitrogens is 2. The van der Waals surface area contributed by atoms with Gasteiger partial charge in [0.15, 0.2) is 0 Å². The van der Waals surface area contributed by atoms with Crippen LogP contribution in [0.25, 0.3) is 10.8 Å². The van der Waals surface area contributed by atoms with Crippen LogP contribution in [0.4, 0.5) is 4.39 Å². The van der Waals surface area contributed by atoms with Gasteiger partial charge in [0.25, 0.3) is 11.5 Å². The molecule has 0 aliphatic heterocycles. The Morgan fingerprint density at radius 3 is 2.68 bits per heavy atom. The van der Waals surface area contributed by atoms with Crippen molar-refractivity contribution in [2.45, 2.75) is 13.1 Å². The highest BCUT2D eigenvalue weighted by Gasteiger charge is 2.12. The van der Waals surface area contributed by atoms with Crippen LogP contribution in [0.3, 0.4) is 0 Å². The van der Waals surface area contributed by atoms with E-state index in [0.717, 1.165) is 6.07 Å². The number of carbonyl (C=O) groups is 1. The summed E-state index contributed by atoms with van der Waals surface area (Å²) in [5.41, 5.74) is 0.435. The maximum atomic E-state index is 13.2. The molecule has 25 heavy (non-hydrogen) atoms. The summed E-state index contributed by atoms with van der Waals surface area (Å²) in [6.45, 7) is 0.120. The molecule has 1 heterocycles. The third-order valence-corrected chi connectivity index (χ3v) is 3.69. The summed E-state index contributed by atoms with van der Waals surface area (Å²) < 4.78 is 14.4. The molecule has 0 saturated carbocycles. The lowest BCUT2D eigenvalue weighted by atomic mass is 10.1. The molecule has 0 saturated heterocycles. The number of carbonyl (C=O) groups excluding carboxylic acids is 1. The van der Waals surface area contributed by atoms with Gasteiger partial charge in [-0.2, -0.15) is 5.10 Å². The molecule has 1 aromatic heterocycles. The molecule has 0 aliphatic carbocycles. The van der Waals surface area contributed by atoms with Crippen LogP contribution in [-0.2, 0) is 13.1 Å². The van der Waals surface area contributed by atoms with Gasteiger partial charge in [0.05, 0.1) is 17.6 Å². The molecule has 5 nitrogen and oxygen atoms in total. The summed E-state index contributed by atoms with van der Waals surface area (Å²) in [6, 6.07) is 12.4. The average Bonchev–Trinajstić information content (AvgIpc) is 2.63. The zero-order valence-corrected chi connectivity index (χ0v) is 13.2. The second-order valence-electron chi connectivity index (χ2n) is 5.35. The van der Waals surface area contributed by atoms with Crippen LogP contribution >= 0.6 is 0 Å². The number of terminal acetylenes is 1. The molecule has 124 valence electrons. The molecule has 1 N–H and O–H groups in total. The van der Waals surface area contributed by atoms with Gasteiger partial charge in [-0.1, -0.05) is 30.2 Å². The smallest absolute Gasteiger partial charge is 0.275 e. The molecule has 3 rings (SSSR count). The fourth-order valence-electron chi connectivity index (χ4n) is 2.53. The first-order valence-electron chi connectivity index (χ1n) is 7.56. The number of nitrogens with zero attached hydrogens (tertiary/aromatic N) is 2. The van der Waals surface area contributed by atoms with Crippen molar-refractivity contribution in [3.05, 3.63) is 76.0 Å². The number of benzene rings is 2. The summed E-state index contributed by atoms with van der Waals surface area (Å²) in [6.07, 6.45) is 5.28. The summed E-state index contributed by atoms with van der Waals surface area (Å²) in [4.78, 5) is 24.5. The van der Waals surface area contributed by atoms with Crippen molar-refractivity contribution in [1.29, 1.82) is 0 Å². The molecular weight excluding hydrogens is 321 g/mol. The van der Waals surface area contributed by atoms with E-state index in [2.05, 4.69) is 16.3 Å². The van der Waals surface area contributed by atoms with E-state index in [9.17, 15) is 14.0 Å². The van der Waals surface area contributed by atoms with Gasteiger partial charge in [0, 0.05) is 10.9 Å². The highest BCUT2D eigenvalue weighted by Crippen LogP contribution is 2.13. The van der Waals surface area contributed by atoms with E-state index in [1.54, 1.807) is 24.3 Å². The minimum atomic E-state index is -0.487. The average molecular weight is 335 g/mol. The summed E-state index contributed by atoms with van der Waals surface area (Å²) >= 11 is 0. The Kier molecular flexibility index (Phi) is 4.57. The lowest BCUT2D eigenvalue weighted by Crippen LogP contribution is -2.28. The van der Waals surface area contributed by atoms with E-state index < -0.39 is 11.7 Å². The van der Waals surface area contributed by atoms with Gasteiger partial charge in [0.2, 0.25) is 0 Å². The molecule has 0 unspecified atom stereocenters. The highest BCUT2D eigenvalue weighted by atomic mass is 19.1. The van der Waals surface area contributed by atoms with Crippen LogP contribution in [0.15, 0.2) is 53.3 Å². The van der Waals surface area contributed by atoms with Crippen LogP contribution in [-0.4, -0.2) is 15.7 Å². The lowest BCUT2D eigenvalue weighted by molar-refractivity contribution is 0.0950. The topological polar surface area (TPSA) is 64.0 Å². The largest absolute Gasteiger partial charge is 0.346 e. The molecule has 1 amide bonds. The minimum absolute atomic E-state index is 0.0362. The molecule has 6 heteroatoms. The van der Waals surface area contributed by atoms with Gasteiger partial charge in [-0.25, -0.2) is 9.07 Å². The zero-order valence-electron chi connectivity index (χ0n) is 13.2. The zero-order chi connectivity index (χ0) is 17.8. The fraction of sp³-hybridized carbons (Fsp3) is 0.105. The van der Waals surface area contributed by atoms with Crippen LogP contribution < -0.4 is 10.9 Å². The quantitative estimate of drug-likeness (QED) is 0.743. The van der Waals surface area contributed by atoms with Crippen molar-refractivity contribution < 1.29 is 9.18 Å². The summed E-state index contributed by atoms with van der Waals surface area (Å²) in [7, 11) is 0. The van der Waals surface area contributed by atoms with E-state index in [0.29, 0.717) is 16.5 Å². The maximum absolute atomic E-state index is 13.2. The summed E-state index contributed by atoms with van der Waals surface area (Å²) in [5.74, 6) is 1.47. The molecule has 3 aromatic rings. The van der Waals surface area contributed by atoms with E-state index in [-0.39, 0.29) is 24.2 Å². The van der Waals surface area contributed by atoms with Crippen molar-refractivity contribution in [3.8, 4) is 12.3 Å². The minimum Gasteiger partial charge on any atom is -0.346 e. The van der Waals surface area contributed by atoms with E-state index in [1.807, 2.05) is 0 Å². The standard InChI is InChI=1S/C19H14FN3O2/c1-2-10-23-19(25)16-9-4-3-8-15(16)17(22-23)12-21-18(24)13-6-5-7-14(20)11-13/h1,3-9,11H,10,12H2,(H,21,24). The van der Waals surface area contributed by atoms with Crippen molar-refractivity contribution in [2.75, 3.05) is 0 Å². The number of hydrogen-bond donors (Lipinski definition) is 1. The predicted octanol–water partition coefficient (Wildman–Crippen LogP) is 2.10. The maximum Gasteiger partial charge on any atom is 0.275 e. The number of nitrogens with one attached hydrogen (secondary N) is 1. The van der Waals surface area contributed by atoms with Crippen molar-refractivity contribution in [1.82, 2.24) is 15.1 Å². The van der Waals surface area contributed by atoms with Gasteiger partial charge in [-0.15, -0.1) is 6.42 Å². The van der Waals surface area contributed by atoms with Crippen LogP contribution in [0.2, 0.25) is 0 Å². The fourth-order valence-corrected chi connectivity index (χ4v) is 2.53. The van der Waals surface area contributed by atoms with Gasteiger partial charge in [0.1, 0.15) is 12.4 Å². The Balaban J connectivity index is 1.93. The Hall–Kier alpha value is -3.46.